The molecule has 23 heavy (non-hydrogen) atoms. The van der Waals surface area contributed by atoms with Crippen molar-refractivity contribution in [1.82, 2.24) is 4.90 Å². The summed E-state index contributed by atoms with van der Waals surface area (Å²) in [6.07, 6.45) is 0.499. The molecule has 2 aliphatic rings. The highest BCUT2D eigenvalue weighted by atomic mass is 35.5. The minimum Gasteiger partial charge on any atom is -0.325 e. The van der Waals surface area contributed by atoms with Gasteiger partial charge in [0.2, 0.25) is 5.91 Å². The van der Waals surface area contributed by atoms with Gasteiger partial charge >= 0.3 is 0 Å². The maximum Gasteiger partial charge on any atom is 0.233 e. The highest BCUT2D eigenvalue weighted by Crippen LogP contribution is 2.64. The van der Waals surface area contributed by atoms with Crippen LogP contribution in [-0.4, -0.2) is 39.7 Å². The lowest BCUT2D eigenvalue weighted by molar-refractivity contribution is -0.120. The normalized spacial score (nSPS) is 26.8. The van der Waals surface area contributed by atoms with Crippen LogP contribution in [0.3, 0.4) is 0 Å². The Morgan fingerprint density at radius 3 is 2.57 bits per heavy atom. The van der Waals surface area contributed by atoms with Crippen molar-refractivity contribution in [3.8, 4) is 0 Å². The second-order valence-corrected chi connectivity index (χ2v) is 9.41. The lowest BCUT2D eigenvalue weighted by Crippen LogP contribution is -2.32. The van der Waals surface area contributed by atoms with Crippen molar-refractivity contribution < 1.29 is 4.79 Å². The van der Waals surface area contributed by atoms with Gasteiger partial charge in [0.1, 0.15) is 4.33 Å². The number of alkyl halides is 2. The van der Waals surface area contributed by atoms with Gasteiger partial charge in [0.25, 0.3) is 0 Å². The summed E-state index contributed by atoms with van der Waals surface area (Å²) in [5.74, 6) is 2.32. The molecule has 3 rings (SSSR count). The minimum atomic E-state index is -0.933. The molecule has 0 bridgehead atoms. The number of halogens is 2. The molecule has 1 aliphatic carbocycles. The van der Waals surface area contributed by atoms with Crippen LogP contribution < -0.4 is 5.32 Å². The molecule has 1 saturated heterocycles. The monoisotopic (exact) mass is 372 g/mol. The zero-order valence-electron chi connectivity index (χ0n) is 13.5. The van der Waals surface area contributed by atoms with Crippen molar-refractivity contribution in [3.63, 3.8) is 0 Å². The lowest BCUT2D eigenvalue weighted by atomic mass is 10.1. The molecule has 0 radical (unpaired) electrons. The first-order valence-electron chi connectivity index (χ1n) is 7.91. The molecule has 1 heterocycles. The molecule has 1 aliphatic heterocycles. The number of aryl methyl sites for hydroxylation is 1. The Bertz CT molecular complexity index is 617. The molecule has 1 aromatic carbocycles. The molecule has 3 nitrogen and oxygen atoms in total. The van der Waals surface area contributed by atoms with Gasteiger partial charge in [-0.05, 0) is 37.5 Å². The van der Waals surface area contributed by atoms with E-state index in [0.717, 1.165) is 30.9 Å². The molecule has 1 atom stereocenters. The summed E-state index contributed by atoms with van der Waals surface area (Å²) in [6, 6.07) is 6.23. The third kappa shape index (κ3) is 3.65. The Morgan fingerprint density at radius 2 is 2.00 bits per heavy atom. The van der Waals surface area contributed by atoms with E-state index in [1.54, 1.807) is 6.92 Å². The number of benzene rings is 1. The van der Waals surface area contributed by atoms with E-state index in [0.29, 0.717) is 6.42 Å². The summed E-state index contributed by atoms with van der Waals surface area (Å²) in [6.45, 7) is 7.09. The number of carbonyl (C=O) groups is 1. The van der Waals surface area contributed by atoms with E-state index < -0.39 is 9.75 Å². The zero-order valence-corrected chi connectivity index (χ0v) is 15.8. The Balaban J connectivity index is 1.64. The fourth-order valence-electron chi connectivity index (χ4n) is 2.89. The largest absolute Gasteiger partial charge is 0.325 e. The van der Waals surface area contributed by atoms with Crippen LogP contribution in [0.25, 0.3) is 0 Å². The molecule has 6 heteroatoms. The zero-order chi connectivity index (χ0) is 16.7. The molecular weight excluding hydrogens is 351 g/mol. The topological polar surface area (TPSA) is 32.3 Å². The van der Waals surface area contributed by atoms with E-state index in [1.807, 2.05) is 24.8 Å². The molecule has 1 aromatic rings. The molecule has 2 fully saturated rings. The summed E-state index contributed by atoms with van der Waals surface area (Å²) in [4.78, 5) is 14.9. The smallest absolute Gasteiger partial charge is 0.233 e. The van der Waals surface area contributed by atoms with Crippen LogP contribution >= 0.6 is 35.0 Å². The number of nitrogens with one attached hydrogen (secondary N) is 1. The van der Waals surface area contributed by atoms with E-state index in [-0.39, 0.29) is 5.91 Å². The SMILES string of the molecule is Cc1cc(CN2CCSCC2)ccc1NC(=O)[C@@]1(C)CC1(Cl)Cl. The number of anilines is 1. The van der Waals surface area contributed by atoms with Crippen molar-refractivity contribution in [2.24, 2.45) is 5.41 Å². The second kappa shape index (κ2) is 6.47. The van der Waals surface area contributed by atoms with Gasteiger partial charge in [-0.3, -0.25) is 9.69 Å². The number of amides is 1. The van der Waals surface area contributed by atoms with Crippen LogP contribution in [0, 0.1) is 12.3 Å². The quantitative estimate of drug-likeness (QED) is 0.808. The average Bonchev–Trinajstić information content (AvgIpc) is 3.03. The van der Waals surface area contributed by atoms with Gasteiger partial charge in [0.05, 0.1) is 5.41 Å². The van der Waals surface area contributed by atoms with E-state index >= 15 is 0 Å². The number of nitrogens with zero attached hydrogens (tertiary/aromatic N) is 1. The number of rotatable bonds is 4. The third-order valence-corrected chi connectivity index (χ3v) is 6.85. The number of carbonyl (C=O) groups excluding carboxylic acids is 1. The Kier molecular flexibility index (Phi) is 4.90. The molecule has 1 N–H and O–H groups in total. The van der Waals surface area contributed by atoms with Crippen molar-refractivity contribution in [2.45, 2.75) is 31.1 Å². The average molecular weight is 373 g/mol. The summed E-state index contributed by atoms with van der Waals surface area (Å²) in [5.41, 5.74) is 2.51. The predicted octanol–water partition coefficient (Wildman–Crippen LogP) is 4.07. The van der Waals surface area contributed by atoms with Gasteiger partial charge < -0.3 is 5.32 Å². The molecule has 126 valence electrons. The van der Waals surface area contributed by atoms with E-state index in [1.165, 1.54) is 17.1 Å². The number of hydrogen-bond donors (Lipinski definition) is 1. The van der Waals surface area contributed by atoms with E-state index in [4.69, 9.17) is 23.2 Å². The van der Waals surface area contributed by atoms with Gasteiger partial charge in [0.15, 0.2) is 0 Å². The molecule has 0 spiro atoms. The molecule has 1 amide bonds. The van der Waals surface area contributed by atoms with Crippen molar-refractivity contribution in [2.75, 3.05) is 29.9 Å². The second-order valence-electron chi connectivity index (χ2n) is 6.71. The highest BCUT2D eigenvalue weighted by Gasteiger charge is 2.67. The Labute approximate surface area is 152 Å². The van der Waals surface area contributed by atoms with Gasteiger partial charge in [-0.15, -0.1) is 23.2 Å². The lowest BCUT2D eigenvalue weighted by Gasteiger charge is -2.26. The highest BCUT2D eigenvalue weighted by molar-refractivity contribution is 7.99. The van der Waals surface area contributed by atoms with Crippen molar-refractivity contribution >= 4 is 46.6 Å². The molecular formula is C17H22Cl2N2OS. The van der Waals surface area contributed by atoms with Crippen molar-refractivity contribution in [3.05, 3.63) is 29.3 Å². The van der Waals surface area contributed by atoms with Crippen LogP contribution in [-0.2, 0) is 11.3 Å². The molecule has 0 aromatic heterocycles. The Morgan fingerprint density at radius 1 is 1.35 bits per heavy atom. The summed E-state index contributed by atoms with van der Waals surface area (Å²) in [7, 11) is 0. The van der Waals surface area contributed by atoms with Crippen LogP contribution in [0.15, 0.2) is 18.2 Å². The first-order valence-corrected chi connectivity index (χ1v) is 9.82. The van der Waals surface area contributed by atoms with Crippen LogP contribution in [0.4, 0.5) is 5.69 Å². The molecule has 0 unspecified atom stereocenters. The summed E-state index contributed by atoms with van der Waals surface area (Å²) < 4.78 is -0.933. The van der Waals surface area contributed by atoms with Crippen molar-refractivity contribution in [1.29, 1.82) is 0 Å². The van der Waals surface area contributed by atoms with Gasteiger partial charge in [-0.2, -0.15) is 11.8 Å². The van der Waals surface area contributed by atoms with Gasteiger partial charge in [0, 0.05) is 36.8 Å². The Hall–Kier alpha value is -0.420. The van der Waals surface area contributed by atoms with E-state index in [9.17, 15) is 4.79 Å². The predicted molar refractivity (Wildman–Crippen MR) is 99.6 cm³/mol. The van der Waals surface area contributed by atoms with Crippen LogP contribution in [0.5, 0.6) is 0 Å². The summed E-state index contributed by atoms with van der Waals surface area (Å²) >= 11 is 14.2. The first-order chi connectivity index (χ1) is 10.8. The van der Waals surface area contributed by atoms with Crippen LogP contribution in [0.2, 0.25) is 0 Å². The van der Waals surface area contributed by atoms with Gasteiger partial charge in [-0.1, -0.05) is 12.1 Å². The van der Waals surface area contributed by atoms with Gasteiger partial charge in [-0.25, -0.2) is 0 Å². The number of hydrogen-bond acceptors (Lipinski definition) is 3. The first kappa shape index (κ1) is 17.4. The minimum absolute atomic E-state index is 0.105. The molecule has 1 saturated carbocycles. The maximum absolute atomic E-state index is 12.4. The number of thioether (sulfide) groups is 1. The summed E-state index contributed by atoms with van der Waals surface area (Å²) in [5, 5.41) is 2.97. The standard InChI is InChI=1S/C17H22Cl2N2OS/c1-12-9-13(10-21-5-7-23-8-6-21)3-4-14(12)20-15(22)16(2)11-17(16,18)19/h3-4,9H,5-8,10-11H2,1-2H3,(H,20,22)/t16-/m1/s1. The fourth-order valence-corrected chi connectivity index (χ4v) is 4.57. The fraction of sp³-hybridized carbons (Fsp3) is 0.588. The third-order valence-electron chi connectivity index (χ3n) is 4.81. The maximum atomic E-state index is 12.4. The van der Waals surface area contributed by atoms with Crippen LogP contribution in [0.1, 0.15) is 24.5 Å². The van der Waals surface area contributed by atoms with E-state index in [2.05, 4.69) is 22.3 Å².